The molecule has 0 spiro atoms. The van der Waals surface area contributed by atoms with Crippen LogP contribution in [0.15, 0.2) is 55.4 Å². The second kappa shape index (κ2) is 35.9. The van der Waals surface area contributed by atoms with Gasteiger partial charge in [0.2, 0.25) is 17.6 Å². The summed E-state index contributed by atoms with van der Waals surface area (Å²) in [7, 11) is 5.38. The molecular weight excluding hydrogens is 1150 g/mol. The number of imidazole rings is 3. The zero-order chi connectivity index (χ0) is 57.5. The van der Waals surface area contributed by atoms with Gasteiger partial charge in [-0.3, -0.25) is 28.5 Å². The van der Waals surface area contributed by atoms with Crippen LogP contribution in [-0.4, -0.2) is 146 Å². The monoisotopic (exact) mass is 1220 g/mol. The molecule has 6 aromatic rings. The number of fused-ring (bicyclic) bond motifs is 2. The van der Waals surface area contributed by atoms with Gasteiger partial charge in [-0.2, -0.15) is 10.2 Å². The van der Waals surface area contributed by atoms with E-state index in [1.54, 1.807) is 81.3 Å². The van der Waals surface area contributed by atoms with Gasteiger partial charge in [0.1, 0.15) is 16.9 Å². The number of ether oxygens (including phenoxy) is 4. The number of amides is 3. The Morgan fingerprint density at radius 3 is 2.10 bits per heavy atom. The molecule has 0 aliphatic carbocycles. The third kappa shape index (κ3) is 24.1. The van der Waals surface area contributed by atoms with Gasteiger partial charge in [0.25, 0.3) is 12.4 Å². The standard InChI is InChI=1S/C22H24N8O2.C13H21N3O4.C8H15BrO2.C6H8N2O2.CH2O3.2K.H/c1-13(31)29-7-8-30-18(12-29)20(25-21(30)22(32)23-2)14-5-6-17-16(9-14)19(26-28(17)4)15-10-24-27(3)11-15;1-5-19-11(17)10-14-6-8-16(10)9-7-15-12(18)20-13(2,3)4;1-8(2,3)11-7(10)5-4-6-9;1-2-10-6(9)5-7-3-4-8-5;2-1-4-3;;;/h5-6,9-11H,7-8,12H2,1-4H3,(H,23,32);6,8H,5,7,9H2,1-4H3,(H,15,18);4-6H2,1-3H3;3-4H,2H2,1H3,(H,7,8);1,3H;;;/q;;;;;2*+1;-1/p-1. The number of hydrogen-bond acceptors (Lipinski definition) is 18. The van der Waals surface area contributed by atoms with E-state index in [2.05, 4.69) is 56.2 Å². The second-order valence-corrected chi connectivity index (χ2v) is 19.1. The topological polar surface area (TPSA) is 316 Å². The van der Waals surface area contributed by atoms with Crippen LogP contribution in [0.2, 0.25) is 0 Å². The zero-order valence-corrected chi connectivity index (χ0v) is 55.3. The molecular formula is C50H70BrK2N13O13. The van der Waals surface area contributed by atoms with Crippen molar-refractivity contribution in [3.8, 4) is 22.5 Å². The molecule has 0 radical (unpaired) electrons. The van der Waals surface area contributed by atoms with Crippen molar-refractivity contribution < 1.29 is 167 Å². The average Bonchev–Trinajstić information content (AvgIpc) is 4.24. The van der Waals surface area contributed by atoms with Crippen molar-refractivity contribution in [2.45, 2.75) is 106 Å². The Kier molecular flexibility index (Phi) is 32.9. The maximum Gasteiger partial charge on any atom is 1.00 e. The first-order valence-corrected chi connectivity index (χ1v) is 25.4. The molecule has 1 aliphatic heterocycles. The summed E-state index contributed by atoms with van der Waals surface area (Å²) in [5.74, 6) is -0.405. The molecule has 7 rings (SSSR count). The molecule has 79 heavy (non-hydrogen) atoms. The summed E-state index contributed by atoms with van der Waals surface area (Å²) < 4.78 is 26.9. The molecule has 0 saturated heterocycles. The van der Waals surface area contributed by atoms with Crippen LogP contribution >= 0.6 is 15.9 Å². The van der Waals surface area contributed by atoms with E-state index in [0.717, 1.165) is 45.2 Å². The Morgan fingerprint density at radius 2 is 1.56 bits per heavy atom. The summed E-state index contributed by atoms with van der Waals surface area (Å²) in [4.78, 5) is 97.4. The molecule has 0 fully saturated rings. The summed E-state index contributed by atoms with van der Waals surface area (Å²) in [6.45, 7) is 18.8. The van der Waals surface area contributed by atoms with Crippen molar-refractivity contribution in [1.29, 1.82) is 0 Å². The number of H-pyrrole nitrogens is 1. The van der Waals surface area contributed by atoms with Gasteiger partial charge in [-0.1, -0.05) is 22.0 Å². The third-order valence-electron chi connectivity index (χ3n) is 10.1. The molecule has 422 valence electrons. The Bertz CT molecular complexity index is 2900. The fourth-order valence-electron chi connectivity index (χ4n) is 6.97. The normalized spacial score (nSPS) is 11.2. The van der Waals surface area contributed by atoms with Gasteiger partial charge in [-0.15, -0.1) is 0 Å². The Morgan fingerprint density at radius 1 is 0.899 bits per heavy atom. The number of hydrogen-bond donors (Lipinski definition) is 3. The molecule has 1 aromatic carbocycles. The van der Waals surface area contributed by atoms with Crippen molar-refractivity contribution in [3.63, 3.8) is 0 Å². The average molecular weight is 1220 g/mol. The predicted molar refractivity (Wildman–Crippen MR) is 283 cm³/mol. The van der Waals surface area contributed by atoms with Gasteiger partial charge in [0.15, 0.2) is 5.82 Å². The molecule has 5 aromatic heterocycles. The molecule has 6 heterocycles. The number of carbonyl (C=O) groups is 7. The first-order valence-electron chi connectivity index (χ1n) is 24.3. The van der Waals surface area contributed by atoms with Gasteiger partial charge in [0, 0.05) is 113 Å². The second-order valence-electron chi connectivity index (χ2n) is 18.3. The Balaban J connectivity index is 0.00000111. The van der Waals surface area contributed by atoms with Gasteiger partial charge < -0.3 is 60.2 Å². The van der Waals surface area contributed by atoms with E-state index >= 15 is 0 Å². The van der Waals surface area contributed by atoms with E-state index < -0.39 is 23.6 Å². The number of nitrogens with zero attached hydrogens (tertiary/aromatic N) is 10. The largest absolute Gasteiger partial charge is 1.00 e. The molecule has 1 aliphatic rings. The first-order chi connectivity index (χ1) is 36.4. The van der Waals surface area contributed by atoms with Gasteiger partial charge in [0.05, 0.1) is 42.9 Å². The number of halogens is 1. The summed E-state index contributed by atoms with van der Waals surface area (Å²) in [6.07, 6.45) is 10.8. The summed E-state index contributed by atoms with van der Waals surface area (Å²) in [6, 6.07) is 6.04. The molecule has 29 heteroatoms. The number of carbonyl (C=O) groups excluding carboxylic acids is 7. The fraction of sp³-hybridized carbons (Fsp3) is 0.480. The van der Waals surface area contributed by atoms with Crippen molar-refractivity contribution in [2.75, 3.05) is 38.7 Å². The van der Waals surface area contributed by atoms with Crippen LogP contribution < -0.4 is 119 Å². The maximum absolute atomic E-state index is 12.5. The van der Waals surface area contributed by atoms with Crippen molar-refractivity contribution in [2.24, 2.45) is 14.1 Å². The van der Waals surface area contributed by atoms with Crippen LogP contribution in [0.3, 0.4) is 0 Å². The number of alkyl halides is 1. The molecule has 3 N–H and O–H groups in total. The van der Waals surface area contributed by atoms with E-state index in [1.807, 2.05) is 68.5 Å². The summed E-state index contributed by atoms with van der Waals surface area (Å²) >= 11 is 3.25. The molecule has 26 nitrogen and oxygen atoms in total. The van der Waals surface area contributed by atoms with Crippen LogP contribution in [0, 0.1) is 0 Å². The number of esters is 3. The molecule has 0 saturated carbocycles. The minimum atomic E-state index is -0.533. The van der Waals surface area contributed by atoms with Crippen LogP contribution in [0.5, 0.6) is 0 Å². The van der Waals surface area contributed by atoms with E-state index in [0.29, 0.717) is 63.9 Å². The molecule has 0 bridgehead atoms. The van der Waals surface area contributed by atoms with Gasteiger partial charge in [-0.05, 0) is 73.9 Å². The quantitative estimate of drug-likeness (QED) is 0.0219. The molecule has 3 amide bonds. The number of nitrogens with one attached hydrogen (secondary N) is 3. The van der Waals surface area contributed by atoms with E-state index in [9.17, 15) is 28.8 Å². The Labute approximate surface area is 553 Å². The number of aryl methyl sites for hydroxylation is 2. The van der Waals surface area contributed by atoms with Gasteiger partial charge in [-0.25, -0.2) is 29.3 Å². The third-order valence-corrected chi connectivity index (χ3v) is 10.7. The molecule has 0 unspecified atom stereocenters. The number of benzene rings is 1. The smallest absolute Gasteiger partial charge is 1.00 e. The first kappa shape index (κ1) is 72.3. The molecule has 0 atom stereocenters. The van der Waals surface area contributed by atoms with Crippen molar-refractivity contribution in [3.05, 3.63) is 78.5 Å². The predicted octanol–water partition coefficient (Wildman–Crippen LogP) is -1.21. The van der Waals surface area contributed by atoms with Crippen LogP contribution in [-0.2, 0) is 71.9 Å². The van der Waals surface area contributed by atoms with E-state index in [1.165, 1.54) is 12.4 Å². The van der Waals surface area contributed by atoms with Gasteiger partial charge >= 0.3 is 127 Å². The van der Waals surface area contributed by atoms with Crippen molar-refractivity contribution >= 4 is 69.1 Å². The fourth-order valence-corrected chi connectivity index (χ4v) is 7.25. The minimum Gasteiger partial charge on any atom is -1.00 e. The summed E-state index contributed by atoms with van der Waals surface area (Å²) in [5, 5.41) is 24.5. The van der Waals surface area contributed by atoms with Crippen LogP contribution in [0.25, 0.3) is 33.4 Å². The summed E-state index contributed by atoms with van der Waals surface area (Å²) in [5.41, 5.74) is 4.31. The minimum absolute atomic E-state index is 0. The maximum atomic E-state index is 12.5. The van der Waals surface area contributed by atoms with Crippen LogP contribution in [0.4, 0.5) is 4.79 Å². The van der Waals surface area contributed by atoms with E-state index in [4.69, 9.17) is 34.3 Å². The number of aromatic amines is 1. The Hall–Kier alpha value is -4.67. The van der Waals surface area contributed by atoms with Crippen molar-refractivity contribution in [1.82, 2.24) is 64.2 Å². The number of alkyl carbamates (subject to hydrolysis) is 1. The SMILES string of the molecule is CC(C)(C)OC(=O)CCCBr.CCOC(=O)c1ncc[nH]1.CCOC(=O)c1nccn1CCNC(=O)OC(C)(C)C.CNC(=O)c1nc(-c2ccc3c(c2)c(-c2cnn(C)c2)nn3C)c2n1CCN(C(C)=O)C2.O=CO[O-].[H-].[K+].[K+]. The number of rotatable bonds is 14. The van der Waals surface area contributed by atoms with E-state index in [-0.39, 0.29) is 146 Å². The number of aromatic nitrogens is 10. The van der Waals surface area contributed by atoms with Crippen LogP contribution in [0.1, 0.15) is 114 Å². The zero-order valence-electron chi connectivity index (χ0n) is 48.5.